The molecule has 3 heteroatoms. The Morgan fingerprint density at radius 1 is 1.47 bits per heavy atom. The molecule has 2 fully saturated rings. The molecule has 3 rings (SSSR count). The molecule has 3 nitrogen and oxygen atoms in total. The normalized spacial score (nSPS) is 44.7. The second-order valence-electron chi connectivity index (χ2n) is 5.09. The molecule has 2 heterocycles. The first-order valence-corrected chi connectivity index (χ1v) is 5.83. The monoisotopic (exact) mass is 207 g/mol. The fraction of sp³-hybridized carbons (Fsp3) is 0.750. The van der Waals surface area contributed by atoms with E-state index in [1.165, 1.54) is 12.8 Å². The number of nitrogens with zero attached hydrogens (tertiary/aromatic N) is 1. The highest BCUT2D eigenvalue weighted by molar-refractivity contribution is 5.91. The van der Waals surface area contributed by atoms with Gasteiger partial charge in [0.15, 0.2) is 11.9 Å². The molecule has 2 bridgehead atoms. The summed E-state index contributed by atoms with van der Waals surface area (Å²) in [4.78, 5) is 14.4. The average Bonchev–Trinajstić information content (AvgIpc) is 2.77. The van der Waals surface area contributed by atoms with E-state index in [0.717, 1.165) is 19.5 Å². The number of hydrogen-bond donors (Lipinski definition) is 0. The number of ether oxygens (including phenoxy) is 1. The number of Topliss-reactive ketones (excluding diaryl/α,β-unsaturated/α-hetero) is 1. The Balaban J connectivity index is 1.92. The summed E-state index contributed by atoms with van der Waals surface area (Å²) < 4.78 is 5.38. The number of likely N-dealkylation sites (tertiary alicyclic amines) is 1. The molecule has 0 amide bonds. The predicted molar refractivity (Wildman–Crippen MR) is 56.3 cm³/mol. The molecule has 0 aromatic heterocycles. The average molecular weight is 207 g/mol. The van der Waals surface area contributed by atoms with E-state index in [2.05, 4.69) is 11.8 Å². The standard InChI is InChI=1S/C12H17NO2/c1-12(13-5-2-3-6-13)8-10-11(14)9(12)4-7-15-10/h4,7,9-10H,2-3,5-6,8H2,1H3/t9-,10-,12-/m1/s1. The van der Waals surface area contributed by atoms with E-state index in [-0.39, 0.29) is 23.3 Å². The highest BCUT2D eigenvalue weighted by Gasteiger charge is 2.54. The van der Waals surface area contributed by atoms with Gasteiger partial charge in [-0.05, 0) is 38.9 Å². The SMILES string of the molecule is C[C@@]1(N2CCCC2)C[C@H]2OC=C[C@@H]1C2=O. The Labute approximate surface area is 90.1 Å². The molecule has 0 aromatic rings. The lowest BCUT2D eigenvalue weighted by atomic mass is 9.87. The van der Waals surface area contributed by atoms with Crippen molar-refractivity contribution in [3.63, 3.8) is 0 Å². The quantitative estimate of drug-likeness (QED) is 0.650. The van der Waals surface area contributed by atoms with E-state index in [1.54, 1.807) is 6.26 Å². The van der Waals surface area contributed by atoms with Crippen LogP contribution in [0.3, 0.4) is 0 Å². The highest BCUT2D eigenvalue weighted by atomic mass is 16.5. The molecule has 0 radical (unpaired) electrons. The molecule has 1 saturated heterocycles. The van der Waals surface area contributed by atoms with Gasteiger partial charge in [-0.15, -0.1) is 0 Å². The Kier molecular flexibility index (Phi) is 1.93. The topological polar surface area (TPSA) is 29.5 Å². The molecule has 3 aliphatic rings. The lowest BCUT2D eigenvalue weighted by Gasteiger charge is -2.37. The highest BCUT2D eigenvalue weighted by Crippen LogP contribution is 2.43. The van der Waals surface area contributed by atoms with E-state index in [9.17, 15) is 4.79 Å². The van der Waals surface area contributed by atoms with Gasteiger partial charge in [0.25, 0.3) is 0 Å². The summed E-state index contributed by atoms with van der Waals surface area (Å²) in [6.07, 6.45) is 6.90. The van der Waals surface area contributed by atoms with Crippen molar-refractivity contribution < 1.29 is 9.53 Å². The van der Waals surface area contributed by atoms with Gasteiger partial charge in [0.2, 0.25) is 0 Å². The van der Waals surface area contributed by atoms with Crippen molar-refractivity contribution in [2.45, 2.75) is 37.8 Å². The second kappa shape index (κ2) is 3.08. The van der Waals surface area contributed by atoms with Crippen molar-refractivity contribution in [1.29, 1.82) is 0 Å². The molecule has 2 aliphatic heterocycles. The van der Waals surface area contributed by atoms with E-state index in [1.807, 2.05) is 6.08 Å². The first-order chi connectivity index (χ1) is 7.22. The first kappa shape index (κ1) is 9.40. The lowest BCUT2D eigenvalue weighted by Crippen LogP contribution is -2.48. The van der Waals surface area contributed by atoms with Crippen LogP contribution in [-0.2, 0) is 9.53 Å². The van der Waals surface area contributed by atoms with Crippen LogP contribution in [0.1, 0.15) is 26.2 Å². The van der Waals surface area contributed by atoms with E-state index in [0.29, 0.717) is 0 Å². The summed E-state index contributed by atoms with van der Waals surface area (Å²) in [5.41, 5.74) is 0.0191. The van der Waals surface area contributed by atoms with Crippen LogP contribution in [0.5, 0.6) is 0 Å². The molecule has 0 spiro atoms. The van der Waals surface area contributed by atoms with Gasteiger partial charge in [-0.25, -0.2) is 0 Å². The van der Waals surface area contributed by atoms with Gasteiger partial charge in [0, 0.05) is 12.0 Å². The van der Waals surface area contributed by atoms with Crippen LogP contribution < -0.4 is 0 Å². The molecule has 82 valence electrons. The van der Waals surface area contributed by atoms with Crippen LogP contribution >= 0.6 is 0 Å². The van der Waals surface area contributed by atoms with Crippen LogP contribution in [0.25, 0.3) is 0 Å². The van der Waals surface area contributed by atoms with E-state index >= 15 is 0 Å². The largest absolute Gasteiger partial charge is 0.490 e. The van der Waals surface area contributed by atoms with Crippen LogP contribution in [0.15, 0.2) is 12.3 Å². The van der Waals surface area contributed by atoms with Crippen LogP contribution in [-0.4, -0.2) is 35.4 Å². The molecule has 1 aliphatic carbocycles. The van der Waals surface area contributed by atoms with Gasteiger partial charge in [0.1, 0.15) is 0 Å². The zero-order chi connectivity index (χ0) is 10.5. The minimum atomic E-state index is -0.175. The third-order valence-corrected chi connectivity index (χ3v) is 4.23. The lowest BCUT2D eigenvalue weighted by molar-refractivity contribution is -0.128. The third-order valence-electron chi connectivity index (χ3n) is 4.23. The van der Waals surface area contributed by atoms with Crippen molar-refractivity contribution >= 4 is 5.78 Å². The van der Waals surface area contributed by atoms with E-state index < -0.39 is 0 Å². The molecule has 0 N–H and O–H groups in total. The Morgan fingerprint density at radius 2 is 2.20 bits per heavy atom. The van der Waals surface area contributed by atoms with Gasteiger partial charge in [-0.1, -0.05) is 0 Å². The van der Waals surface area contributed by atoms with Crippen LogP contribution in [0.4, 0.5) is 0 Å². The Bertz CT molecular complexity index is 320. The van der Waals surface area contributed by atoms with Gasteiger partial charge < -0.3 is 4.74 Å². The second-order valence-corrected chi connectivity index (χ2v) is 5.09. The van der Waals surface area contributed by atoms with Crippen molar-refractivity contribution in [3.05, 3.63) is 12.3 Å². The molecule has 1 saturated carbocycles. The van der Waals surface area contributed by atoms with Gasteiger partial charge in [0.05, 0.1) is 12.2 Å². The molecule has 0 aromatic carbocycles. The summed E-state index contributed by atoms with van der Waals surface area (Å²) in [5, 5.41) is 0. The number of rotatable bonds is 1. The Morgan fingerprint density at radius 3 is 2.87 bits per heavy atom. The summed E-state index contributed by atoms with van der Waals surface area (Å²) >= 11 is 0. The van der Waals surface area contributed by atoms with Crippen molar-refractivity contribution in [3.8, 4) is 0 Å². The molecule has 3 atom stereocenters. The van der Waals surface area contributed by atoms with Crippen molar-refractivity contribution in [1.82, 2.24) is 4.90 Å². The van der Waals surface area contributed by atoms with Crippen LogP contribution in [0, 0.1) is 5.92 Å². The third kappa shape index (κ3) is 1.19. The van der Waals surface area contributed by atoms with Gasteiger partial charge in [-0.2, -0.15) is 0 Å². The minimum absolute atomic E-state index is 0.0191. The summed E-state index contributed by atoms with van der Waals surface area (Å²) in [7, 11) is 0. The number of carbonyl (C=O) groups excluding carboxylic acids is 1. The minimum Gasteiger partial charge on any atom is -0.490 e. The zero-order valence-corrected chi connectivity index (χ0v) is 9.11. The summed E-state index contributed by atoms with van der Waals surface area (Å²) in [6.45, 7) is 4.50. The smallest absolute Gasteiger partial charge is 0.182 e. The van der Waals surface area contributed by atoms with Crippen LogP contribution in [0.2, 0.25) is 0 Å². The molecular formula is C12H17NO2. The Hall–Kier alpha value is -0.830. The van der Waals surface area contributed by atoms with E-state index in [4.69, 9.17) is 4.74 Å². The predicted octanol–water partition coefficient (Wildman–Crippen LogP) is 1.34. The maximum atomic E-state index is 12.0. The van der Waals surface area contributed by atoms with Crippen molar-refractivity contribution in [2.75, 3.05) is 13.1 Å². The fourth-order valence-electron chi connectivity index (χ4n) is 3.30. The fourth-order valence-corrected chi connectivity index (χ4v) is 3.30. The zero-order valence-electron chi connectivity index (χ0n) is 9.11. The van der Waals surface area contributed by atoms with Gasteiger partial charge in [-0.3, -0.25) is 9.69 Å². The van der Waals surface area contributed by atoms with Crippen molar-refractivity contribution in [2.24, 2.45) is 5.92 Å². The number of hydrogen-bond acceptors (Lipinski definition) is 3. The molecular weight excluding hydrogens is 190 g/mol. The molecule has 15 heavy (non-hydrogen) atoms. The maximum Gasteiger partial charge on any atom is 0.182 e. The number of carbonyl (C=O) groups is 1. The number of fused-ring (bicyclic) bond motifs is 2. The maximum absolute atomic E-state index is 12.0. The first-order valence-electron chi connectivity index (χ1n) is 5.83. The van der Waals surface area contributed by atoms with Gasteiger partial charge >= 0.3 is 0 Å². The molecule has 0 unspecified atom stereocenters. The number of ketones is 1. The summed E-state index contributed by atoms with van der Waals surface area (Å²) in [5.74, 6) is 0.348. The summed E-state index contributed by atoms with van der Waals surface area (Å²) in [6, 6.07) is 0.